The van der Waals surface area contributed by atoms with E-state index in [2.05, 4.69) is 5.32 Å². The maximum atomic E-state index is 13.6. The topological polar surface area (TPSA) is 21.3 Å². The van der Waals surface area contributed by atoms with Gasteiger partial charge in [0.2, 0.25) is 0 Å². The van der Waals surface area contributed by atoms with E-state index in [4.69, 9.17) is 16.3 Å². The molecule has 2 rings (SSSR count). The fraction of sp³-hybridized carbons (Fsp3) is 0.250. The third-order valence-corrected chi connectivity index (χ3v) is 3.69. The summed E-state index contributed by atoms with van der Waals surface area (Å²) in [4.78, 5) is 0. The van der Waals surface area contributed by atoms with Gasteiger partial charge in [-0.2, -0.15) is 0 Å². The van der Waals surface area contributed by atoms with Gasteiger partial charge < -0.3 is 10.1 Å². The van der Waals surface area contributed by atoms with Gasteiger partial charge in [-0.3, -0.25) is 0 Å². The van der Waals surface area contributed by atoms with Crippen LogP contribution in [-0.2, 0) is 0 Å². The second-order valence-corrected chi connectivity index (χ2v) is 5.00. The van der Waals surface area contributed by atoms with Gasteiger partial charge >= 0.3 is 0 Å². The maximum absolute atomic E-state index is 13.6. The van der Waals surface area contributed by atoms with Gasteiger partial charge in [0.25, 0.3) is 0 Å². The zero-order valence-electron chi connectivity index (χ0n) is 11.7. The fourth-order valence-corrected chi connectivity index (χ4v) is 2.33. The summed E-state index contributed by atoms with van der Waals surface area (Å²) in [7, 11) is 3.44. The smallest absolute Gasteiger partial charge is 0.138 e. The van der Waals surface area contributed by atoms with Crippen LogP contribution in [0.5, 0.6) is 5.75 Å². The van der Waals surface area contributed by atoms with Crippen LogP contribution in [0.4, 0.5) is 4.39 Å². The Hall–Kier alpha value is -1.58. The van der Waals surface area contributed by atoms with Crippen molar-refractivity contribution in [2.24, 2.45) is 0 Å². The third kappa shape index (κ3) is 2.94. The molecule has 2 nitrogen and oxygen atoms in total. The van der Waals surface area contributed by atoms with Gasteiger partial charge in [0.1, 0.15) is 11.6 Å². The number of nitrogens with one attached hydrogen (secondary N) is 1. The molecule has 2 aromatic rings. The van der Waals surface area contributed by atoms with E-state index in [1.807, 2.05) is 26.1 Å². The average Bonchev–Trinajstić information content (AvgIpc) is 2.47. The summed E-state index contributed by atoms with van der Waals surface area (Å²) in [6.45, 7) is 2.03. The highest BCUT2D eigenvalue weighted by atomic mass is 35.5. The van der Waals surface area contributed by atoms with Gasteiger partial charge in [0.15, 0.2) is 0 Å². The molecule has 20 heavy (non-hydrogen) atoms. The van der Waals surface area contributed by atoms with Crippen LogP contribution in [0, 0.1) is 5.82 Å². The van der Waals surface area contributed by atoms with Crippen molar-refractivity contribution in [3.63, 3.8) is 0 Å². The number of benzene rings is 2. The maximum Gasteiger partial charge on any atom is 0.138 e. The number of hydrogen-bond donors (Lipinski definition) is 1. The van der Waals surface area contributed by atoms with Gasteiger partial charge in [-0.05, 0) is 54.9 Å². The Kier molecular flexibility index (Phi) is 4.63. The van der Waals surface area contributed by atoms with Crippen LogP contribution in [0.1, 0.15) is 18.5 Å². The first-order chi connectivity index (χ1) is 9.56. The Morgan fingerprint density at radius 2 is 1.95 bits per heavy atom. The van der Waals surface area contributed by atoms with Gasteiger partial charge in [0, 0.05) is 6.04 Å². The van der Waals surface area contributed by atoms with E-state index in [0.29, 0.717) is 10.8 Å². The summed E-state index contributed by atoms with van der Waals surface area (Å²) in [6.07, 6.45) is 0. The van der Waals surface area contributed by atoms with E-state index in [1.165, 1.54) is 12.1 Å². The minimum Gasteiger partial charge on any atom is -0.495 e. The molecule has 0 amide bonds. The monoisotopic (exact) mass is 293 g/mol. The van der Waals surface area contributed by atoms with Crippen molar-refractivity contribution >= 4 is 11.6 Å². The van der Waals surface area contributed by atoms with Crippen molar-refractivity contribution in [2.75, 3.05) is 14.2 Å². The van der Waals surface area contributed by atoms with Crippen molar-refractivity contribution in [3.8, 4) is 16.9 Å². The summed E-state index contributed by atoms with van der Waals surface area (Å²) in [5.41, 5.74) is 2.74. The SMILES string of the molecule is CNC(C)c1ccc(F)cc1-c1ccc(Cl)c(OC)c1. The Morgan fingerprint density at radius 1 is 1.20 bits per heavy atom. The van der Waals surface area contributed by atoms with Crippen molar-refractivity contribution in [1.29, 1.82) is 0 Å². The molecule has 0 fully saturated rings. The molecule has 1 atom stereocenters. The summed E-state index contributed by atoms with van der Waals surface area (Å²) in [6, 6.07) is 10.4. The van der Waals surface area contributed by atoms with E-state index in [9.17, 15) is 4.39 Å². The minimum absolute atomic E-state index is 0.118. The van der Waals surface area contributed by atoms with Gasteiger partial charge in [-0.15, -0.1) is 0 Å². The molecule has 0 spiro atoms. The van der Waals surface area contributed by atoms with Crippen molar-refractivity contribution < 1.29 is 9.13 Å². The van der Waals surface area contributed by atoms with Crippen molar-refractivity contribution in [3.05, 3.63) is 52.8 Å². The first kappa shape index (κ1) is 14.8. The van der Waals surface area contributed by atoms with Crippen molar-refractivity contribution in [1.82, 2.24) is 5.32 Å². The lowest BCUT2D eigenvalue weighted by Gasteiger charge is -2.17. The quantitative estimate of drug-likeness (QED) is 0.900. The highest BCUT2D eigenvalue weighted by molar-refractivity contribution is 6.32. The molecule has 0 aromatic heterocycles. The van der Waals surface area contributed by atoms with Gasteiger partial charge in [0.05, 0.1) is 12.1 Å². The van der Waals surface area contributed by atoms with E-state index < -0.39 is 0 Å². The second kappa shape index (κ2) is 6.25. The largest absolute Gasteiger partial charge is 0.495 e. The summed E-state index contributed by atoms with van der Waals surface area (Å²) in [5, 5.41) is 3.71. The zero-order chi connectivity index (χ0) is 14.7. The molecule has 4 heteroatoms. The molecular formula is C16H17ClFNO. The van der Waals surface area contributed by atoms with Crippen LogP contribution in [0.3, 0.4) is 0 Å². The third-order valence-electron chi connectivity index (χ3n) is 3.38. The normalized spacial score (nSPS) is 12.2. The first-order valence-electron chi connectivity index (χ1n) is 6.37. The highest BCUT2D eigenvalue weighted by Gasteiger charge is 2.13. The second-order valence-electron chi connectivity index (χ2n) is 4.59. The Labute approximate surface area is 123 Å². The van der Waals surface area contributed by atoms with E-state index >= 15 is 0 Å². The number of ether oxygens (including phenoxy) is 1. The van der Waals surface area contributed by atoms with Crippen LogP contribution in [0.15, 0.2) is 36.4 Å². The lowest BCUT2D eigenvalue weighted by atomic mass is 9.95. The molecule has 0 saturated carbocycles. The first-order valence-corrected chi connectivity index (χ1v) is 6.75. The predicted octanol–water partition coefficient (Wildman–Crippen LogP) is 4.44. The summed E-state index contributed by atoms with van der Waals surface area (Å²) in [5.74, 6) is 0.317. The molecule has 1 N–H and O–H groups in total. The summed E-state index contributed by atoms with van der Waals surface area (Å²) < 4.78 is 18.8. The van der Waals surface area contributed by atoms with E-state index in [1.54, 1.807) is 19.2 Å². The lowest BCUT2D eigenvalue weighted by molar-refractivity contribution is 0.415. The molecular weight excluding hydrogens is 277 g/mol. The van der Waals surface area contributed by atoms with E-state index in [0.717, 1.165) is 16.7 Å². The molecule has 0 radical (unpaired) electrons. The average molecular weight is 294 g/mol. The van der Waals surface area contributed by atoms with Crippen LogP contribution < -0.4 is 10.1 Å². The highest BCUT2D eigenvalue weighted by Crippen LogP contribution is 2.34. The molecule has 106 valence electrons. The standard InChI is InChI=1S/C16H17ClFNO/c1-10(19-2)13-6-5-12(18)9-14(13)11-4-7-15(17)16(8-11)20-3/h4-10,19H,1-3H3. The molecule has 0 aliphatic heterocycles. The van der Waals surface area contributed by atoms with Crippen LogP contribution in [0.25, 0.3) is 11.1 Å². The van der Waals surface area contributed by atoms with Crippen molar-refractivity contribution in [2.45, 2.75) is 13.0 Å². The molecule has 2 aromatic carbocycles. The molecule has 0 heterocycles. The van der Waals surface area contributed by atoms with Crippen LogP contribution in [0.2, 0.25) is 5.02 Å². The Morgan fingerprint density at radius 3 is 2.60 bits per heavy atom. The van der Waals surface area contributed by atoms with Crippen LogP contribution >= 0.6 is 11.6 Å². The molecule has 0 aliphatic rings. The Bertz CT molecular complexity index is 615. The number of halogens is 2. The molecule has 1 unspecified atom stereocenters. The lowest BCUT2D eigenvalue weighted by Crippen LogP contribution is -2.13. The van der Waals surface area contributed by atoms with E-state index in [-0.39, 0.29) is 11.9 Å². The number of rotatable bonds is 4. The van der Waals surface area contributed by atoms with Gasteiger partial charge in [-0.1, -0.05) is 23.7 Å². The zero-order valence-corrected chi connectivity index (χ0v) is 12.5. The molecule has 0 bridgehead atoms. The number of methoxy groups -OCH3 is 1. The fourth-order valence-electron chi connectivity index (χ4n) is 2.14. The minimum atomic E-state index is -0.263. The number of hydrogen-bond acceptors (Lipinski definition) is 2. The Balaban J connectivity index is 2.58. The predicted molar refractivity (Wildman–Crippen MR) is 80.9 cm³/mol. The molecule has 0 saturated heterocycles. The molecule has 0 aliphatic carbocycles. The summed E-state index contributed by atoms with van der Waals surface area (Å²) >= 11 is 6.03. The van der Waals surface area contributed by atoms with Gasteiger partial charge in [-0.25, -0.2) is 4.39 Å². The van der Waals surface area contributed by atoms with Crippen LogP contribution in [-0.4, -0.2) is 14.2 Å².